The number of H-pyrrole nitrogens is 2. The van der Waals surface area contributed by atoms with Gasteiger partial charge in [-0.1, -0.05) is 42.5 Å². The number of carboxylic acids is 2. The molecule has 0 radical (unpaired) electrons. The van der Waals surface area contributed by atoms with Gasteiger partial charge in [0.1, 0.15) is 0 Å². The van der Waals surface area contributed by atoms with Crippen LogP contribution in [0.4, 0.5) is 5.95 Å². The number of carbonyl (C=O) groups is 2. The lowest BCUT2D eigenvalue weighted by Gasteiger charge is -2.43. The van der Waals surface area contributed by atoms with Crippen LogP contribution in [0.3, 0.4) is 0 Å². The van der Waals surface area contributed by atoms with Crippen LogP contribution in [0, 0.1) is 12.8 Å². The molecule has 6 rings (SSSR count). The fourth-order valence-corrected chi connectivity index (χ4v) is 6.53. The normalized spacial score (nSPS) is 21.2. The molecule has 2 fully saturated rings. The molecule has 4 heterocycles. The molecule has 0 bridgehead atoms. The van der Waals surface area contributed by atoms with Gasteiger partial charge in [0.15, 0.2) is 0 Å². The van der Waals surface area contributed by atoms with E-state index in [9.17, 15) is 14.7 Å². The molecular weight excluding hydrogens is 574 g/mol. The van der Waals surface area contributed by atoms with E-state index in [0.29, 0.717) is 19.0 Å². The zero-order valence-corrected chi connectivity index (χ0v) is 25.6. The molecule has 3 unspecified atom stereocenters. The summed E-state index contributed by atoms with van der Waals surface area (Å²) in [4.78, 5) is 53.4. The molecule has 12 heteroatoms. The third-order valence-corrected chi connectivity index (χ3v) is 8.66. The Kier molecular flexibility index (Phi) is 10.3. The second-order valence-corrected chi connectivity index (χ2v) is 11.9. The highest BCUT2D eigenvalue weighted by atomic mass is 16.4. The van der Waals surface area contributed by atoms with Crippen molar-refractivity contribution in [2.45, 2.75) is 57.7 Å². The minimum absolute atomic E-state index is 0.0931. The van der Waals surface area contributed by atoms with Crippen molar-refractivity contribution in [2.24, 2.45) is 5.92 Å². The Morgan fingerprint density at radius 2 is 1.78 bits per heavy atom. The fourth-order valence-electron chi connectivity index (χ4n) is 6.53. The monoisotopic (exact) mass is 615 g/mol. The Labute approximate surface area is 261 Å². The number of aromatic nitrogens is 4. The van der Waals surface area contributed by atoms with Crippen molar-refractivity contribution in [3.63, 3.8) is 0 Å². The summed E-state index contributed by atoms with van der Waals surface area (Å²) in [7, 11) is 0. The van der Waals surface area contributed by atoms with Crippen molar-refractivity contribution >= 4 is 28.9 Å². The molecule has 5 N–H and O–H groups in total. The maximum absolute atomic E-state index is 12.3. The molecule has 0 saturated carbocycles. The Hall–Kier alpha value is -4.55. The molecule has 12 nitrogen and oxygen atoms in total. The van der Waals surface area contributed by atoms with Crippen LogP contribution < -0.4 is 11.0 Å². The molecule has 0 amide bonds. The summed E-state index contributed by atoms with van der Waals surface area (Å²) in [5.74, 6) is -1.38. The number of aliphatic carboxylic acids is 2. The number of hydrogen-bond acceptors (Lipinski definition) is 8. The van der Waals surface area contributed by atoms with E-state index in [0.717, 1.165) is 79.6 Å². The summed E-state index contributed by atoms with van der Waals surface area (Å²) in [5, 5.41) is 21.1. The van der Waals surface area contributed by atoms with Crippen molar-refractivity contribution < 1.29 is 19.8 Å². The van der Waals surface area contributed by atoms with Crippen LogP contribution >= 0.6 is 0 Å². The number of carboxylic acid groups (broad SMARTS) is 2. The first-order valence-corrected chi connectivity index (χ1v) is 15.4. The second-order valence-electron chi connectivity index (χ2n) is 11.9. The van der Waals surface area contributed by atoms with Crippen molar-refractivity contribution in [3.8, 4) is 0 Å². The average Bonchev–Trinajstić information content (AvgIpc) is 3.65. The Morgan fingerprint density at radius 3 is 2.51 bits per heavy atom. The highest BCUT2D eigenvalue weighted by Crippen LogP contribution is 2.35. The molecule has 0 aliphatic carbocycles. The molecular formula is C33H41N7O5. The van der Waals surface area contributed by atoms with Gasteiger partial charge in [-0.25, -0.2) is 14.8 Å². The van der Waals surface area contributed by atoms with Gasteiger partial charge in [-0.15, -0.1) is 0 Å². The summed E-state index contributed by atoms with van der Waals surface area (Å²) in [6, 6.07) is 18.3. The highest BCUT2D eigenvalue weighted by molar-refractivity contribution is 5.77. The molecule has 45 heavy (non-hydrogen) atoms. The molecule has 2 aliphatic heterocycles. The number of para-hydroxylation sites is 2. The number of nitrogens with zero attached hydrogens (tertiary/aromatic N) is 4. The Balaban J connectivity index is 0.000000945. The third-order valence-electron chi connectivity index (χ3n) is 8.66. The van der Waals surface area contributed by atoms with Gasteiger partial charge in [0.25, 0.3) is 5.97 Å². The highest BCUT2D eigenvalue weighted by Gasteiger charge is 2.38. The van der Waals surface area contributed by atoms with E-state index in [1.165, 1.54) is 0 Å². The lowest BCUT2D eigenvalue weighted by Crippen LogP contribution is -2.48. The number of likely N-dealkylation sites (tertiary alicyclic amines) is 2. The standard InChI is InChI=1S/C31H37N7O3.C2H4O2/c1-20-17-32-31(41)36-28(20)27-16-24(12-14-38(27)18-22(29(39)40)15-21-7-3-2-4-8-21)37-13-11-23(19-37)33-30-34-25-9-5-6-10-26(25)35-30;1-2(3)4/h2-10,17,22-24,27H,11-16,18-19H2,1H3,(H,39,40)(H,32,36,41)(H2,33,34,35);1H3,(H,3,4)/t22-,23?,24?,27?;/m0./s1. The summed E-state index contributed by atoms with van der Waals surface area (Å²) >= 11 is 0. The SMILES string of the molecule is CC(=O)O.Cc1cnc(=O)[nH]c1C1CC(N2CCC(Nc3nc4ccccc4[nH]3)C2)CCN1C[C@H](Cc1ccccc1)C(=O)O. The van der Waals surface area contributed by atoms with Crippen LogP contribution in [0.15, 0.2) is 65.6 Å². The van der Waals surface area contributed by atoms with E-state index in [2.05, 4.69) is 35.1 Å². The summed E-state index contributed by atoms with van der Waals surface area (Å²) in [6.45, 7) is 6.11. The van der Waals surface area contributed by atoms with Gasteiger partial charge in [0, 0.05) is 57.1 Å². The van der Waals surface area contributed by atoms with E-state index in [4.69, 9.17) is 9.90 Å². The number of piperidine rings is 1. The van der Waals surface area contributed by atoms with E-state index in [1.807, 2.05) is 61.5 Å². The summed E-state index contributed by atoms with van der Waals surface area (Å²) < 4.78 is 0. The van der Waals surface area contributed by atoms with Crippen LogP contribution in [0.5, 0.6) is 0 Å². The van der Waals surface area contributed by atoms with Crippen molar-refractivity contribution in [2.75, 3.05) is 31.5 Å². The molecule has 4 atom stereocenters. The minimum atomic E-state index is -0.833. The van der Waals surface area contributed by atoms with Crippen LogP contribution in [0.2, 0.25) is 0 Å². The first kappa shape index (κ1) is 31.9. The Morgan fingerprint density at radius 1 is 1.04 bits per heavy atom. The number of anilines is 1. The summed E-state index contributed by atoms with van der Waals surface area (Å²) in [5.41, 5.74) is 4.38. The van der Waals surface area contributed by atoms with E-state index < -0.39 is 17.9 Å². The number of rotatable bonds is 9. The van der Waals surface area contributed by atoms with Gasteiger partial charge in [-0.05, 0) is 55.9 Å². The summed E-state index contributed by atoms with van der Waals surface area (Å²) in [6.07, 6.45) is 4.87. The number of benzene rings is 2. The largest absolute Gasteiger partial charge is 0.481 e. The van der Waals surface area contributed by atoms with E-state index in [-0.39, 0.29) is 17.8 Å². The number of fused-ring (bicyclic) bond motifs is 1. The zero-order chi connectivity index (χ0) is 31.9. The van der Waals surface area contributed by atoms with Crippen LogP contribution in [0.25, 0.3) is 11.0 Å². The van der Waals surface area contributed by atoms with Gasteiger partial charge in [-0.3, -0.25) is 19.4 Å². The van der Waals surface area contributed by atoms with Crippen LogP contribution in [0.1, 0.15) is 49.0 Å². The van der Waals surface area contributed by atoms with E-state index in [1.54, 1.807) is 6.20 Å². The van der Waals surface area contributed by atoms with Crippen LogP contribution in [-0.4, -0.2) is 90.2 Å². The molecule has 238 valence electrons. The molecule has 4 aromatic rings. The topological polar surface area (TPSA) is 168 Å². The molecule has 2 aliphatic rings. The molecule has 2 aromatic heterocycles. The van der Waals surface area contributed by atoms with Crippen molar-refractivity contribution in [1.82, 2.24) is 29.7 Å². The van der Waals surface area contributed by atoms with Crippen LogP contribution in [-0.2, 0) is 16.0 Å². The number of aromatic amines is 2. The maximum Gasteiger partial charge on any atom is 0.345 e. The van der Waals surface area contributed by atoms with E-state index >= 15 is 0 Å². The minimum Gasteiger partial charge on any atom is -0.481 e. The van der Waals surface area contributed by atoms with Gasteiger partial charge >= 0.3 is 11.7 Å². The fraction of sp³-hybridized carbons (Fsp3) is 0.424. The molecule has 0 spiro atoms. The average molecular weight is 616 g/mol. The number of aryl methyl sites for hydroxylation is 1. The predicted octanol–water partition coefficient (Wildman–Crippen LogP) is 3.68. The number of hydrogen-bond donors (Lipinski definition) is 5. The predicted molar refractivity (Wildman–Crippen MR) is 171 cm³/mol. The van der Waals surface area contributed by atoms with Gasteiger partial charge < -0.3 is 25.5 Å². The molecule has 2 aromatic carbocycles. The van der Waals surface area contributed by atoms with Gasteiger partial charge in [0.05, 0.1) is 23.0 Å². The number of nitrogens with one attached hydrogen (secondary N) is 3. The maximum atomic E-state index is 12.3. The third kappa shape index (κ3) is 8.34. The quantitative estimate of drug-likeness (QED) is 0.187. The van der Waals surface area contributed by atoms with Crippen molar-refractivity contribution in [1.29, 1.82) is 0 Å². The smallest absolute Gasteiger partial charge is 0.345 e. The second kappa shape index (κ2) is 14.5. The van der Waals surface area contributed by atoms with Gasteiger partial charge in [-0.2, -0.15) is 0 Å². The van der Waals surface area contributed by atoms with Crippen molar-refractivity contribution in [3.05, 3.63) is 88.1 Å². The first-order chi connectivity index (χ1) is 21.7. The lowest BCUT2D eigenvalue weighted by atomic mass is 9.90. The van der Waals surface area contributed by atoms with Gasteiger partial charge in [0.2, 0.25) is 5.95 Å². The Bertz CT molecular complexity index is 1620. The lowest BCUT2D eigenvalue weighted by molar-refractivity contribution is -0.143. The molecule has 2 saturated heterocycles. The zero-order valence-electron chi connectivity index (χ0n) is 25.6. The first-order valence-electron chi connectivity index (χ1n) is 15.4. The number of imidazole rings is 1.